The normalized spacial score (nSPS) is 29.3. The number of ether oxygens (including phenoxy) is 3. The van der Waals surface area contributed by atoms with Gasteiger partial charge in [0, 0.05) is 29.7 Å². The van der Waals surface area contributed by atoms with Crippen LogP contribution in [0, 0.1) is 24.2 Å². The molecule has 1 spiro atoms. The van der Waals surface area contributed by atoms with Crippen LogP contribution in [-0.4, -0.2) is 77.0 Å². The third-order valence-corrected chi connectivity index (χ3v) is 14.7. The topological polar surface area (TPSA) is 158 Å². The fourth-order valence-corrected chi connectivity index (χ4v) is 10.2. The van der Waals surface area contributed by atoms with Gasteiger partial charge in [0.1, 0.15) is 22.7 Å². The van der Waals surface area contributed by atoms with E-state index in [2.05, 4.69) is 14.4 Å². The molecular formula is C42H53F2N3O9S. The second-order valence-corrected chi connectivity index (χ2v) is 20.3. The number of Topliss-reactive ketones (excluding diaryl/α,β-unsaturated/α-hetero) is 1. The Hall–Kier alpha value is -4.14. The largest absolute Gasteiger partial charge is 0.483 e. The first-order chi connectivity index (χ1) is 26.7. The third-order valence-electron chi connectivity index (χ3n) is 12.5. The lowest BCUT2D eigenvalue weighted by Crippen LogP contribution is -2.48. The van der Waals surface area contributed by atoms with Crippen molar-refractivity contribution in [3.63, 3.8) is 0 Å². The Balaban J connectivity index is 1.24. The molecule has 4 heterocycles. The van der Waals surface area contributed by atoms with E-state index < -0.39 is 61.8 Å². The van der Waals surface area contributed by atoms with Crippen LogP contribution in [0.3, 0.4) is 0 Å². The van der Waals surface area contributed by atoms with Crippen molar-refractivity contribution >= 4 is 44.5 Å². The predicted molar refractivity (Wildman–Crippen MR) is 206 cm³/mol. The number of sulfonamides is 1. The molecule has 2 amide bonds. The predicted octanol–water partition coefficient (Wildman–Crippen LogP) is 6.64. The number of pyridine rings is 1. The highest BCUT2D eigenvalue weighted by Crippen LogP contribution is 2.58. The second kappa shape index (κ2) is 14.9. The van der Waals surface area contributed by atoms with Crippen LogP contribution in [0.2, 0.25) is 0 Å². The van der Waals surface area contributed by atoms with Crippen LogP contribution in [0.4, 0.5) is 8.78 Å². The molecule has 1 N–H and O–H groups in total. The zero-order valence-electron chi connectivity index (χ0n) is 33.3. The second-order valence-electron chi connectivity index (χ2n) is 18.1. The van der Waals surface area contributed by atoms with Crippen LogP contribution >= 0.6 is 0 Å². The van der Waals surface area contributed by atoms with Crippen LogP contribution in [0.15, 0.2) is 30.4 Å². The van der Waals surface area contributed by atoms with Gasteiger partial charge < -0.3 is 19.1 Å². The summed E-state index contributed by atoms with van der Waals surface area (Å²) in [5.74, 6) is -2.70. The summed E-state index contributed by atoms with van der Waals surface area (Å²) in [7, 11) is -3.98. The van der Waals surface area contributed by atoms with Gasteiger partial charge in [-0.1, -0.05) is 25.0 Å². The number of amides is 2. The van der Waals surface area contributed by atoms with Gasteiger partial charge in [-0.05, 0) is 110 Å². The molecule has 0 bridgehead atoms. The number of nitrogens with zero attached hydrogens (tertiary/aromatic N) is 2. The Morgan fingerprint density at radius 3 is 2.56 bits per heavy atom. The maximum Gasteiger partial charge on any atom is 0.387 e. The van der Waals surface area contributed by atoms with Crippen molar-refractivity contribution in [3.8, 4) is 11.5 Å². The average Bonchev–Trinajstić information content (AvgIpc) is 4.01. The molecule has 1 aromatic heterocycles. The highest BCUT2D eigenvalue weighted by Gasteiger charge is 2.63. The summed E-state index contributed by atoms with van der Waals surface area (Å²) in [6.07, 6.45) is 8.87. The highest BCUT2D eigenvalue weighted by atomic mass is 32.2. The van der Waals surface area contributed by atoms with Crippen molar-refractivity contribution in [2.24, 2.45) is 17.3 Å². The summed E-state index contributed by atoms with van der Waals surface area (Å²) in [5.41, 5.74) is -1.24. The summed E-state index contributed by atoms with van der Waals surface area (Å²) < 4.78 is 71.2. The number of hydrogen-bond acceptors (Lipinski definition) is 10. The Bertz CT molecular complexity index is 2110. The first-order valence-electron chi connectivity index (χ1n) is 20.1. The van der Waals surface area contributed by atoms with Crippen LogP contribution in [0.5, 0.6) is 11.5 Å². The van der Waals surface area contributed by atoms with E-state index >= 15 is 0 Å². The number of aryl methyl sites for hydroxylation is 2. The number of carbonyl (C=O) groups excluding carboxylic acids is 4. The Morgan fingerprint density at radius 1 is 1.11 bits per heavy atom. The number of carbonyl (C=O) groups is 4. The first kappa shape index (κ1) is 41.0. The minimum absolute atomic E-state index is 0.0187. The van der Waals surface area contributed by atoms with Crippen LogP contribution < -0.4 is 14.2 Å². The Morgan fingerprint density at radius 2 is 1.86 bits per heavy atom. The monoisotopic (exact) mass is 813 g/mol. The maximum atomic E-state index is 14.8. The van der Waals surface area contributed by atoms with Gasteiger partial charge in [-0.3, -0.25) is 23.9 Å². The molecule has 310 valence electrons. The summed E-state index contributed by atoms with van der Waals surface area (Å²) in [5, 5.41) is 0.594. The molecule has 1 saturated heterocycles. The SMILES string of the molecule is Cc1nc2ccc(OC(F)F)cc2c2c1O[C@]1(CC2)C[C@H]2C(=O)C[C@]3(C(=O)NS(=O)(=O)C4(C)CC4)C[C@H]3/C=C\CCCCC[C@H](CC(=O)OC(C)(C)C)C(=O)N2C1. The van der Waals surface area contributed by atoms with Crippen molar-refractivity contribution in [1.29, 1.82) is 0 Å². The number of alkyl halides is 2. The molecule has 57 heavy (non-hydrogen) atoms. The van der Waals surface area contributed by atoms with Gasteiger partial charge in [0.05, 0.1) is 40.4 Å². The van der Waals surface area contributed by atoms with E-state index in [-0.39, 0.29) is 49.2 Å². The van der Waals surface area contributed by atoms with E-state index in [0.29, 0.717) is 73.7 Å². The van der Waals surface area contributed by atoms with Crippen molar-refractivity contribution in [3.05, 3.63) is 41.6 Å². The van der Waals surface area contributed by atoms with Crippen molar-refractivity contribution in [1.82, 2.24) is 14.6 Å². The van der Waals surface area contributed by atoms with E-state index in [9.17, 15) is 36.4 Å². The molecule has 5 atom stereocenters. The fraction of sp³-hybridized carbons (Fsp3) is 0.643. The van der Waals surface area contributed by atoms with Crippen LogP contribution in [0.25, 0.3) is 10.9 Å². The zero-order chi connectivity index (χ0) is 41.1. The Kier molecular flexibility index (Phi) is 10.7. The number of esters is 1. The van der Waals surface area contributed by atoms with Gasteiger partial charge in [-0.25, -0.2) is 13.4 Å². The zero-order valence-corrected chi connectivity index (χ0v) is 34.1. The van der Waals surface area contributed by atoms with Gasteiger partial charge in [-0.15, -0.1) is 0 Å². The molecular weight excluding hydrogens is 761 g/mol. The summed E-state index contributed by atoms with van der Waals surface area (Å²) >= 11 is 0. The third kappa shape index (κ3) is 8.40. The molecule has 2 saturated carbocycles. The number of nitrogens with one attached hydrogen (secondary N) is 1. The van der Waals surface area contributed by atoms with Gasteiger partial charge in [-0.2, -0.15) is 8.78 Å². The lowest BCUT2D eigenvalue weighted by atomic mass is 9.85. The molecule has 7 rings (SSSR count). The molecule has 0 unspecified atom stereocenters. The van der Waals surface area contributed by atoms with E-state index in [1.54, 1.807) is 40.7 Å². The first-order valence-corrected chi connectivity index (χ1v) is 21.6. The van der Waals surface area contributed by atoms with Gasteiger partial charge in [0.2, 0.25) is 21.8 Å². The average molecular weight is 814 g/mol. The smallest absolute Gasteiger partial charge is 0.387 e. The minimum Gasteiger partial charge on any atom is -0.483 e. The molecule has 3 fully saturated rings. The number of ketones is 1. The van der Waals surface area contributed by atoms with E-state index in [0.717, 1.165) is 18.4 Å². The molecule has 15 heteroatoms. The molecule has 2 aliphatic carbocycles. The lowest BCUT2D eigenvalue weighted by molar-refractivity contribution is -0.159. The van der Waals surface area contributed by atoms with Gasteiger partial charge in [0.15, 0.2) is 5.78 Å². The molecule has 1 aromatic carbocycles. The number of hydrogen-bond donors (Lipinski definition) is 1. The maximum absolute atomic E-state index is 14.8. The Labute approximate surface area is 332 Å². The van der Waals surface area contributed by atoms with Crippen LogP contribution in [0.1, 0.15) is 116 Å². The summed E-state index contributed by atoms with van der Waals surface area (Å²) in [4.78, 5) is 63.0. The van der Waals surface area contributed by atoms with Crippen molar-refractivity contribution < 1.29 is 50.6 Å². The van der Waals surface area contributed by atoms with Crippen molar-refractivity contribution in [2.75, 3.05) is 6.54 Å². The molecule has 0 radical (unpaired) electrons. The van der Waals surface area contributed by atoms with E-state index in [1.165, 1.54) is 17.0 Å². The van der Waals surface area contributed by atoms with E-state index in [1.807, 2.05) is 12.2 Å². The van der Waals surface area contributed by atoms with Gasteiger partial charge in [0.25, 0.3) is 0 Å². The number of allylic oxidation sites excluding steroid dienone is 2. The quantitative estimate of drug-likeness (QED) is 0.237. The fourth-order valence-electron chi connectivity index (χ4n) is 8.90. The number of benzene rings is 1. The number of halogens is 2. The van der Waals surface area contributed by atoms with Gasteiger partial charge >= 0.3 is 12.6 Å². The standard InChI is InChI=1S/C42H53F2N3O9S/c1-25-35-29(30-20-28(54-38(43)44)13-14-31(30)45-25)15-16-41(56-35)22-32-33(48)23-42(37(51)46-57(52,53)40(5)17-18-40)21-27(42)12-10-8-6-7-9-11-26(36(50)47(32)24-41)19-34(49)55-39(2,3)4/h10,12-14,20,26-27,32,38H,6-9,11,15-19,21-24H2,1-5H3,(H,46,51)/b12-10-/t26-,27-,32+,41-,42-/m1/s1. The lowest BCUT2D eigenvalue weighted by Gasteiger charge is -2.36. The summed E-state index contributed by atoms with van der Waals surface area (Å²) in [6, 6.07) is 3.52. The molecule has 3 aliphatic heterocycles. The molecule has 2 aromatic rings. The van der Waals surface area contributed by atoms with Crippen molar-refractivity contribution in [2.45, 2.75) is 147 Å². The number of fused-ring (bicyclic) bond motifs is 5. The molecule has 5 aliphatic rings. The highest BCUT2D eigenvalue weighted by molar-refractivity contribution is 7.91. The number of aromatic nitrogens is 1. The van der Waals surface area contributed by atoms with E-state index in [4.69, 9.17) is 9.47 Å². The van der Waals surface area contributed by atoms with Crippen LogP contribution in [-0.2, 0) is 40.4 Å². The number of rotatable bonds is 7. The summed E-state index contributed by atoms with van der Waals surface area (Å²) in [6.45, 7) is 5.66. The molecule has 12 nitrogen and oxygen atoms in total. The minimum atomic E-state index is -3.98.